The minimum atomic E-state index is 0.546. The van der Waals surface area contributed by atoms with Crippen molar-refractivity contribution in [2.45, 2.75) is 58.9 Å². The van der Waals surface area contributed by atoms with Crippen LogP contribution < -0.4 is 5.32 Å². The van der Waals surface area contributed by atoms with Crippen molar-refractivity contribution in [1.82, 2.24) is 10.2 Å². The Kier molecular flexibility index (Phi) is 4.48. The summed E-state index contributed by atoms with van der Waals surface area (Å²) in [6.45, 7) is 12.3. The maximum absolute atomic E-state index is 3.59. The fourth-order valence-corrected chi connectivity index (χ4v) is 3.71. The Bertz CT molecular complexity index is 231. The van der Waals surface area contributed by atoms with Crippen LogP contribution in [0.2, 0.25) is 0 Å². The average molecular weight is 238 g/mol. The van der Waals surface area contributed by atoms with E-state index in [1.807, 2.05) is 0 Å². The van der Waals surface area contributed by atoms with Gasteiger partial charge in [0.05, 0.1) is 0 Å². The van der Waals surface area contributed by atoms with Crippen LogP contribution in [-0.2, 0) is 0 Å². The fourth-order valence-electron chi connectivity index (χ4n) is 3.71. The van der Waals surface area contributed by atoms with Gasteiger partial charge in [0.1, 0.15) is 0 Å². The smallest absolute Gasteiger partial charge is 0.00928 e. The van der Waals surface area contributed by atoms with Crippen molar-refractivity contribution in [3.8, 4) is 0 Å². The van der Waals surface area contributed by atoms with E-state index < -0.39 is 0 Å². The highest BCUT2D eigenvalue weighted by atomic mass is 15.2. The minimum Gasteiger partial charge on any atom is -0.316 e. The summed E-state index contributed by atoms with van der Waals surface area (Å²) >= 11 is 0. The molecule has 17 heavy (non-hydrogen) atoms. The predicted octanol–water partition coefficient (Wildman–Crippen LogP) is 2.89. The summed E-state index contributed by atoms with van der Waals surface area (Å²) in [7, 11) is 0. The molecule has 1 N–H and O–H groups in total. The maximum atomic E-state index is 3.59. The van der Waals surface area contributed by atoms with Crippen molar-refractivity contribution < 1.29 is 0 Å². The van der Waals surface area contributed by atoms with E-state index in [4.69, 9.17) is 0 Å². The van der Waals surface area contributed by atoms with Gasteiger partial charge in [-0.2, -0.15) is 0 Å². The second-order valence-corrected chi connectivity index (χ2v) is 6.47. The molecular formula is C15H30N2. The molecule has 2 heterocycles. The van der Waals surface area contributed by atoms with Gasteiger partial charge in [-0.3, -0.25) is 4.90 Å². The van der Waals surface area contributed by atoms with Crippen LogP contribution in [0.15, 0.2) is 0 Å². The molecule has 2 fully saturated rings. The van der Waals surface area contributed by atoms with Crippen LogP contribution in [0.25, 0.3) is 0 Å². The average Bonchev–Trinajstić information content (AvgIpc) is 2.80. The molecule has 2 nitrogen and oxygen atoms in total. The van der Waals surface area contributed by atoms with E-state index in [1.165, 1.54) is 58.3 Å². The van der Waals surface area contributed by atoms with Crippen LogP contribution in [0.5, 0.6) is 0 Å². The van der Waals surface area contributed by atoms with Gasteiger partial charge in [-0.25, -0.2) is 0 Å². The van der Waals surface area contributed by atoms with Crippen LogP contribution in [0.3, 0.4) is 0 Å². The SMILES string of the molecule is CCC1CCCCN1CC1(C(C)C)CCNC1. The van der Waals surface area contributed by atoms with Crippen LogP contribution in [0.1, 0.15) is 52.9 Å². The van der Waals surface area contributed by atoms with Gasteiger partial charge in [0.25, 0.3) is 0 Å². The summed E-state index contributed by atoms with van der Waals surface area (Å²) < 4.78 is 0. The van der Waals surface area contributed by atoms with E-state index in [1.54, 1.807) is 0 Å². The Morgan fingerprint density at radius 2 is 2.18 bits per heavy atom. The highest BCUT2D eigenvalue weighted by molar-refractivity contribution is 4.94. The Labute approximate surface area is 107 Å². The van der Waals surface area contributed by atoms with Crippen LogP contribution in [-0.4, -0.2) is 37.1 Å². The largest absolute Gasteiger partial charge is 0.316 e. The van der Waals surface area contributed by atoms with Crippen LogP contribution in [0.4, 0.5) is 0 Å². The lowest BCUT2D eigenvalue weighted by Gasteiger charge is -2.43. The predicted molar refractivity (Wildman–Crippen MR) is 74.3 cm³/mol. The summed E-state index contributed by atoms with van der Waals surface area (Å²) in [5.74, 6) is 0.803. The van der Waals surface area contributed by atoms with E-state index in [9.17, 15) is 0 Å². The van der Waals surface area contributed by atoms with Crippen molar-refractivity contribution in [3.63, 3.8) is 0 Å². The monoisotopic (exact) mass is 238 g/mol. The van der Waals surface area contributed by atoms with Gasteiger partial charge in [-0.05, 0) is 50.1 Å². The summed E-state index contributed by atoms with van der Waals surface area (Å²) in [5, 5.41) is 3.59. The van der Waals surface area contributed by atoms with Crippen molar-refractivity contribution >= 4 is 0 Å². The highest BCUT2D eigenvalue weighted by Crippen LogP contribution is 2.36. The van der Waals surface area contributed by atoms with E-state index in [-0.39, 0.29) is 0 Å². The number of piperidine rings is 1. The van der Waals surface area contributed by atoms with Crippen LogP contribution >= 0.6 is 0 Å². The number of hydrogen-bond acceptors (Lipinski definition) is 2. The molecule has 0 radical (unpaired) electrons. The molecule has 0 amide bonds. The number of nitrogens with zero attached hydrogens (tertiary/aromatic N) is 1. The molecule has 2 rings (SSSR count). The molecule has 0 aromatic heterocycles. The number of likely N-dealkylation sites (tertiary alicyclic amines) is 1. The van der Waals surface area contributed by atoms with Crippen LogP contribution in [0, 0.1) is 11.3 Å². The molecule has 2 aliphatic heterocycles. The van der Waals surface area contributed by atoms with Crippen molar-refractivity contribution in [1.29, 1.82) is 0 Å². The van der Waals surface area contributed by atoms with Gasteiger partial charge in [0, 0.05) is 19.1 Å². The minimum absolute atomic E-state index is 0.546. The first kappa shape index (κ1) is 13.4. The zero-order valence-electron chi connectivity index (χ0n) is 12.0. The lowest BCUT2D eigenvalue weighted by atomic mass is 9.75. The van der Waals surface area contributed by atoms with Gasteiger partial charge >= 0.3 is 0 Å². The van der Waals surface area contributed by atoms with Gasteiger partial charge < -0.3 is 5.32 Å². The second-order valence-electron chi connectivity index (χ2n) is 6.47. The Morgan fingerprint density at radius 3 is 2.76 bits per heavy atom. The first-order valence-corrected chi connectivity index (χ1v) is 7.63. The highest BCUT2D eigenvalue weighted by Gasteiger charge is 2.39. The lowest BCUT2D eigenvalue weighted by Crippen LogP contribution is -2.48. The molecule has 2 unspecified atom stereocenters. The van der Waals surface area contributed by atoms with Crippen molar-refractivity contribution in [2.75, 3.05) is 26.2 Å². The van der Waals surface area contributed by atoms with Gasteiger partial charge in [0.2, 0.25) is 0 Å². The topological polar surface area (TPSA) is 15.3 Å². The zero-order chi connectivity index (χ0) is 12.3. The molecule has 2 saturated heterocycles. The Hall–Kier alpha value is -0.0800. The van der Waals surface area contributed by atoms with Gasteiger partial charge in [-0.15, -0.1) is 0 Å². The maximum Gasteiger partial charge on any atom is 0.00928 e. The summed E-state index contributed by atoms with van der Waals surface area (Å²) in [5.41, 5.74) is 0.546. The quantitative estimate of drug-likeness (QED) is 0.810. The van der Waals surface area contributed by atoms with Gasteiger partial charge in [-0.1, -0.05) is 27.2 Å². The molecular weight excluding hydrogens is 208 g/mol. The van der Waals surface area contributed by atoms with E-state index in [0.29, 0.717) is 5.41 Å². The summed E-state index contributed by atoms with van der Waals surface area (Å²) in [6, 6.07) is 0.861. The Balaban J connectivity index is 2.01. The zero-order valence-corrected chi connectivity index (χ0v) is 12.0. The van der Waals surface area contributed by atoms with E-state index >= 15 is 0 Å². The number of nitrogens with one attached hydrogen (secondary N) is 1. The number of hydrogen-bond donors (Lipinski definition) is 1. The molecule has 2 heteroatoms. The molecule has 2 aliphatic rings. The standard InChI is InChI=1S/C15H30N2/c1-4-14-7-5-6-10-17(14)12-15(13(2)3)8-9-16-11-15/h13-14,16H,4-12H2,1-3H3. The number of rotatable bonds is 4. The molecule has 2 atom stereocenters. The van der Waals surface area contributed by atoms with Gasteiger partial charge in [0.15, 0.2) is 0 Å². The summed E-state index contributed by atoms with van der Waals surface area (Å²) in [4.78, 5) is 2.80. The molecule has 100 valence electrons. The third-order valence-corrected chi connectivity index (χ3v) is 5.24. The fraction of sp³-hybridized carbons (Fsp3) is 1.00. The van der Waals surface area contributed by atoms with E-state index in [2.05, 4.69) is 31.0 Å². The summed E-state index contributed by atoms with van der Waals surface area (Å²) in [6.07, 6.45) is 7.00. The molecule has 0 saturated carbocycles. The first-order chi connectivity index (χ1) is 8.18. The molecule has 0 spiro atoms. The normalized spacial score (nSPS) is 35.6. The third-order valence-electron chi connectivity index (χ3n) is 5.24. The second kappa shape index (κ2) is 5.71. The van der Waals surface area contributed by atoms with Crippen molar-refractivity contribution in [2.24, 2.45) is 11.3 Å². The van der Waals surface area contributed by atoms with Crippen molar-refractivity contribution in [3.05, 3.63) is 0 Å². The molecule has 0 bridgehead atoms. The lowest BCUT2D eigenvalue weighted by molar-refractivity contribution is 0.0612. The first-order valence-electron chi connectivity index (χ1n) is 7.63. The molecule has 0 aromatic carbocycles. The third kappa shape index (κ3) is 2.85. The van der Waals surface area contributed by atoms with E-state index in [0.717, 1.165) is 12.0 Å². The Morgan fingerprint density at radius 1 is 1.35 bits per heavy atom. The molecule has 0 aliphatic carbocycles. The molecule has 0 aromatic rings.